The van der Waals surface area contributed by atoms with Crippen LogP contribution in [0.25, 0.3) is 16.2 Å². The van der Waals surface area contributed by atoms with E-state index in [-0.39, 0.29) is 11.6 Å². The number of benzene rings is 1. The van der Waals surface area contributed by atoms with Crippen LogP contribution in [-0.2, 0) is 6.54 Å². The lowest BCUT2D eigenvalue weighted by Gasteiger charge is -2.06. The fourth-order valence-electron chi connectivity index (χ4n) is 2.08. The topological polar surface area (TPSA) is 52.5 Å². The van der Waals surface area contributed by atoms with Gasteiger partial charge in [-0.1, -0.05) is 11.3 Å². The lowest BCUT2D eigenvalue weighted by molar-refractivity contribution is 0.386. The molecule has 3 aromatic rings. The molecule has 4 nitrogen and oxygen atoms in total. The molecule has 2 aromatic heterocycles. The van der Waals surface area contributed by atoms with Gasteiger partial charge in [-0.05, 0) is 18.2 Å². The van der Waals surface area contributed by atoms with Crippen LogP contribution in [0.4, 0.5) is 4.39 Å². The van der Waals surface area contributed by atoms with Crippen LogP contribution in [0.5, 0.6) is 5.75 Å². The number of aromatic nitrogens is 2. The molecule has 3 rings (SSSR count). The van der Waals surface area contributed by atoms with E-state index in [4.69, 9.17) is 10.5 Å². The minimum atomic E-state index is -0.387. The summed E-state index contributed by atoms with van der Waals surface area (Å²) < 4.78 is 20.7. The van der Waals surface area contributed by atoms with E-state index in [1.165, 1.54) is 24.5 Å². The first-order valence-electron chi connectivity index (χ1n) is 5.73. The molecule has 1 aromatic carbocycles. The van der Waals surface area contributed by atoms with Crippen LogP contribution >= 0.6 is 11.3 Å². The third-order valence-corrected chi connectivity index (χ3v) is 4.03. The fraction of sp³-hybridized carbons (Fsp3) is 0.154. The summed E-state index contributed by atoms with van der Waals surface area (Å²) in [5.41, 5.74) is 7.41. The number of ether oxygens (including phenoxy) is 1. The Balaban J connectivity index is 2.22. The van der Waals surface area contributed by atoms with E-state index in [0.29, 0.717) is 6.54 Å². The zero-order chi connectivity index (χ0) is 13.4. The first-order valence-corrected chi connectivity index (χ1v) is 6.55. The van der Waals surface area contributed by atoms with Gasteiger partial charge in [0.05, 0.1) is 12.8 Å². The standard InChI is InChI=1S/C13H12FN3OS/c1-18-10-3-2-8(6-9(10)14)12-11(7-15)19-13-16-4-5-17(12)13/h2-6H,7,15H2,1H3. The van der Waals surface area contributed by atoms with E-state index in [0.717, 1.165) is 21.1 Å². The van der Waals surface area contributed by atoms with E-state index < -0.39 is 0 Å². The Morgan fingerprint density at radius 1 is 1.47 bits per heavy atom. The van der Waals surface area contributed by atoms with Crippen molar-refractivity contribution in [1.29, 1.82) is 0 Å². The highest BCUT2D eigenvalue weighted by Crippen LogP contribution is 2.33. The van der Waals surface area contributed by atoms with Gasteiger partial charge in [-0.2, -0.15) is 0 Å². The SMILES string of the molecule is COc1ccc(-c2c(CN)sc3nccn23)cc1F. The Bertz CT molecular complexity index is 735. The number of rotatable bonds is 3. The molecular formula is C13H12FN3OS. The van der Waals surface area contributed by atoms with Gasteiger partial charge in [-0.15, -0.1) is 0 Å². The third kappa shape index (κ3) is 1.89. The van der Waals surface area contributed by atoms with Crippen molar-refractivity contribution < 1.29 is 9.13 Å². The molecule has 0 aliphatic carbocycles. The molecule has 0 amide bonds. The highest BCUT2D eigenvalue weighted by Gasteiger charge is 2.15. The minimum Gasteiger partial charge on any atom is -0.494 e. The maximum atomic E-state index is 13.8. The van der Waals surface area contributed by atoms with E-state index >= 15 is 0 Å². The van der Waals surface area contributed by atoms with Crippen molar-refractivity contribution in [1.82, 2.24) is 9.38 Å². The molecule has 0 saturated carbocycles. The monoisotopic (exact) mass is 277 g/mol. The van der Waals surface area contributed by atoms with E-state index in [9.17, 15) is 4.39 Å². The van der Waals surface area contributed by atoms with Crippen LogP contribution in [0.15, 0.2) is 30.6 Å². The number of thiazole rings is 1. The Labute approximate surface area is 113 Å². The number of fused-ring (bicyclic) bond motifs is 1. The minimum absolute atomic E-state index is 0.232. The number of nitrogens with two attached hydrogens (primary N) is 1. The summed E-state index contributed by atoms with van der Waals surface area (Å²) in [7, 11) is 1.45. The largest absolute Gasteiger partial charge is 0.494 e. The lowest BCUT2D eigenvalue weighted by atomic mass is 10.1. The Hall–Kier alpha value is -1.92. The van der Waals surface area contributed by atoms with Gasteiger partial charge >= 0.3 is 0 Å². The normalized spacial score (nSPS) is 11.1. The number of hydrogen-bond donors (Lipinski definition) is 1. The number of hydrogen-bond acceptors (Lipinski definition) is 4. The van der Waals surface area contributed by atoms with Crippen LogP contribution in [0, 0.1) is 5.82 Å². The molecule has 0 atom stereocenters. The molecule has 2 heterocycles. The molecule has 0 saturated heterocycles. The third-order valence-electron chi connectivity index (χ3n) is 2.94. The van der Waals surface area contributed by atoms with E-state index in [2.05, 4.69) is 4.98 Å². The summed E-state index contributed by atoms with van der Waals surface area (Å²) in [5, 5.41) is 0. The zero-order valence-corrected chi connectivity index (χ0v) is 11.1. The number of nitrogens with zero attached hydrogens (tertiary/aromatic N) is 2. The molecule has 0 aliphatic heterocycles. The predicted molar refractivity (Wildman–Crippen MR) is 72.9 cm³/mol. The quantitative estimate of drug-likeness (QED) is 0.800. The Morgan fingerprint density at radius 2 is 2.32 bits per heavy atom. The van der Waals surface area contributed by atoms with Crippen molar-refractivity contribution in [2.75, 3.05) is 7.11 Å². The maximum Gasteiger partial charge on any atom is 0.194 e. The first-order chi connectivity index (χ1) is 9.24. The van der Waals surface area contributed by atoms with Crippen LogP contribution in [-0.4, -0.2) is 16.5 Å². The number of halogens is 1. The molecule has 0 fully saturated rings. The van der Waals surface area contributed by atoms with Crippen LogP contribution < -0.4 is 10.5 Å². The zero-order valence-electron chi connectivity index (χ0n) is 10.3. The second-order valence-electron chi connectivity index (χ2n) is 4.01. The smallest absolute Gasteiger partial charge is 0.194 e. The van der Waals surface area contributed by atoms with Crippen molar-refractivity contribution in [3.8, 4) is 17.0 Å². The Morgan fingerprint density at radius 3 is 3.00 bits per heavy atom. The highest BCUT2D eigenvalue weighted by atomic mass is 32.1. The maximum absolute atomic E-state index is 13.8. The molecule has 6 heteroatoms. The van der Waals surface area contributed by atoms with Gasteiger partial charge in [0.25, 0.3) is 0 Å². The van der Waals surface area contributed by atoms with E-state index in [1.54, 1.807) is 12.3 Å². The fourth-order valence-corrected chi connectivity index (χ4v) is 3.06. The Kier molecular flexibility index (Phi) is 2.96. The average Bonchev–Trinajstić information content (AvgIpc) is 2.98. The summed E-state index contributed by atoms with van der Waals surface area (Å²) in [4.78, 5) is 6.07. The summed E-state index contributed by atoms with van der Waals surface area (Å²) in [6.07, 6.45) is 3.57. The highest BCUT2D eigenvalue weighted by molar-refractivity contribution is 7.17. The van der Waals surface area contributed by atoms with Crippen molar-refractivity contribution in [2.24, 2.45) is 5.73 Å². The van der Waals surface area contributed by atoms with Gasteiger partial charge in [-0.3, -0.25) is 4.40 Å². The van der Waals surface area contributed by atoms with Crippen molar-refractivity contribution >= 4 is 16.3 Å². The van der Waals surface area contributed by atoms with Gasteiger partial charge in [-0.25, -0.2) is 9.37 Å². The summed E-state index contributed by atoms with van der Waals surface area (Å²) >= 11 is 1.51. The predicted octanol–water partition coefficient (Wildman–Crippen LogP) is 2.67. The van der Waals surface area contributed by atoms with Crippen molar-refractivity contribution in [3.05, 3.63) is 41.3 Å². The molecule has 19 heavy (non-hydrogen) atoms. The van der Waals surface area contributed by atoms with Crippen LogP contribution in [0.1, 0.15) is 4.88 Å². The van der Waals surface area contributed by atoms with Crippen molar-refractivity contribution in [2.45, 2.75) is 6.54 Å². The van der Waals surface area contributed by atoms with Gasteiger partial charge in [0.1, 0.15) is 0 Å². The van der Waals surface area contributed by atoms with Crippen LogP contribution in [0.3, 0.4) is 0 Å². The van der Waals surface area contributed by atoms with Gasteiger partial charge in [0.15, 0.2) is 16.5 Å². The van der Waals surface area contributed by atoms with E-state index in [1.807, 2.05) is 16.7 Å². The molecular weight excluding hydrogens is 265 g/mol. The molecule has 0 unspecified atom stereocenters. The molecule has 0 radical (unpaired) electrons. The van der Waals surface area contributed by atoms with Crippen LogP contribution in [0.2, 0.25) is 0 Å². The summed E-state index contributed by atoms with van der Waals surface area (Å²) in [5.74, 6) is -0.155. The number of imidazole rings is 1. The molecule has 2 N–H and O–H groups in total. The number of methoxy groups -OCH3 is 1. The second-order valence-corrected chi connectivity index (χ2v) is 5.07. The molecule has 0 spiro atoms. The summed E-state index contributed by atoms with van der Waals surface area (Å²) in [6, 6.07) is 4.90. The molecule has 98 valence electrons. The molecule has 0 bridgehead atoms. The van der Waals surface area contributed by atoms with Gasteiger partial charge < -0.3 is 10.5 Å². The van der Waals surface area contributed by atoms with Crippen molar-refractivity contribution in [3.63, 3.8) is 0 Å². The van der Waals surface area contributed by atoms with Gasteiger partial charge in [0, 0.05) is 29.4 Å². The van der Waals surface area contributed by atoms with Gasteiger partial charge in [0.2, 0.25) is 0 Å². The lowest BCUT2D eigenvalue weighted by Crippen LogP contribution is -1.98. The average molecular weight is 277 g/mol. The second kappa shape index (κ2) is 4.64. The molecule has 0 aliphatic rings. The summed E-state index contributed by atoms with van der Waals surface area (Å²) in [6.45, 7) is 0.400. The first kappa shape index (κ1) is 12.1.